The molecule has 188 valence electrons. The summed E-state index contributed by atoms with van der Waals surface area (Å²) >= 11 is 0. The summed E-state index contributed by atoms with van der Waals surface area (Å²) in [5, 5.41) is 0. The molecule has 0 fully saturated rings. The molecule has 0 spiro atoms. The van der Waals surface area contributed by atoms with Gasteiger partial charge >= 0.3 is 24.3 Å². The lowest BCUT2D eigenvalue weighted by atomic mass is 9.97. The zero-order valence-corrected chi connectivity index (χ0v) is 18.3. The van der Waals surface area contributed by atoms with Gasteiger partial charge in [0.1, 0.15) is 12.2 Å². The molecule has 0 bridgehead atoms. The maximum absolute atomic E-state index is 13.5. The number of amides is 1. The fourth-order valence-electron chi connectivity index (χ4n) is 3.55. The Labute approximate surface area is 194 Å². The van der Waals surface area contributed by atoms with Gasteiger partial charge in [-0.15, -0.1) is 0 Å². The number of hydrogen-bond acceptors (Lipinski definition) is 6. The average Bonchev–Trinajstić information content (AvgIpc) is 2.77. The molecule has 1 amide bonds. The highest BCUT2D eigenvalue weighted by atomic mass is 19.4. The van der Waals surface area contributed by atoms with Gasteiger partial charge in [0.15, 0.2) is 0 Å². The van der Waals surface area contributed by atoms with Crippen LogP contribution in [0.15, 0.2) is 36.4 Å². The van der Waals surface area contributed by atoms with Gasteiger partial charge in [-0.1, -0.05) is 11.6 Å². The van der Waals surface area contributed by atoms with Crippen molar-refractivity contribution in [2.24, 2.45) is 0 Å². The van der Waals surface area contributed by atoms with E-state index < -0.39 is 59.2 Å². The largest absolute Gasteiger partial charge is 0.469 e. The van der Waals surface area contributed by atoms with Crippen molar-refractivity contribution < 1.29 is 54.9 Å². The van der Waals surface area contributed by atoms with Crippen molar-refractivity contribution in [1.82, 2.24) is 0 Å². The van der Waals surface area contributed by atoms with E-state index in [-0.39, 0.29) is 34.4 Å². The zero-order chi connectivity index (χ0) is 26.3. The highest BCUT2D eigenvalue weighted by Crippen LogP contribution is 2.44. The number of alkyl halides is 6. The molecule has 13 heteroatoms. The van der Waals surface area contributed by atoms with Crippen LogP contribution in [0.3, 0.4) is 0 Å². The molecule has 35 heavy (non-hydrogen) atoms. The van der Waals surface area contributed by atoms with Gasteiger partial charge in [-0.2, -0.15) is 26.3 Å². The number of methoxy groups -OCH3 is 2. The Morgan fingerprint density at radius 3 is 2.00 bits per heavy atom. The number of carbonyl (C=O) groups excluding carboxylic acids is 3. The van der Waals surface area contributed by atoms with E-state index in [2.05, 4.69) is 9.47 Å². The van der Waals surface area contributed by atoms with Crippen molar-refractivity contribution in [3.63, 3.8) is 0 Å². The average molecular weight is 505 g/mol. The van der Waals surface area contributed by atoms with E-state index in [9.17, 15) is 40.7 Å². The van der Waals surface area contributed by atoms with Crippen molar-refractivity contribution in [1.29, 1.82) is 0 Å². The molecule has 1 heterocycles. The molecule has 7 nitrogen and oxygen atoms in total. The van der Waals surface area contributed by atoms with Crippen LogP contribution in [0.4, 0.5) is 32.0 Å². The van der Waals surface area contributed by atoms with Crippen LogP contribution in [-0.2, 0) is 31.4 Å². The van der Waals surface area contributed by atoms with Crippen LogP contribution in [0.25, 0.3) is 0 Å². The normalized spacial score (nSPS) is 18.0. The Hall–Kier alpha value is -3.77. The third-order valence-corrected chi connectivity index (χ3v) is 5.16. The SMILES string of the molecule is COC(=O)CC1(C(=O)OC)Oc2ccc(C)cc2C(=O)N1c1cc(C(F)(F)F)cc(C(F)(F)F)c1. The second-order valence-electron chi connectivity index (χ2n) is 7.54. The van der Waals surface area contributed by atoms with Crippen LogP contribution < -0.4 is 9.64 Å². The highest BCUT2D eigenvalue weighted by Gasteiger charge is 2.57. The van der Waals surface area contributed by atoms with Gasteiger partial charge in [-0.3, -0.25) is 14.5 Å². The Balaban J connectivity index is 2.40. The quantitative estimate of drug-likeness (QED) is 0.450. The van der Waals surface area contributed by atoms with Crippen molar-refractivity contribution in [2.75, 3.05) is 19.1 Å². The molecule has 0 saturated carbocycles. The third-order valence-electron chi connectivity index (χ3n) is 5.16. The van der Waals surface area contributed by atoms with Crippen molar-refractivity contribution >= 4 is 23.5 Å². The number of nitrogens with zero attached hydrogens (tertiary/aromatic N) is 1. The maximum atomic E-state index is 13.5. The number of rotatable bonds is 4. The summed E-state index contributed by atoms with van der Waals surface area (Å²) in [6.45, 7) is 1.57. The molecule has 3 rings (SSSR count). The first kappa shape index (κ1) is 25.8. The Bertz CT molecular complexity index is 1160. The standard InChI is InChI=1S/C22H17F6NO6/c1-11-4-5-16-15(6-11)18(31)29(20(35-16,19(32)34-3)10-17(30)33-2)14-8-12(21(23,24)25)7-13(9-14)22(26,27)28/h4-9H,10H2,1-3H3. The van der Waals surface area contributed by atoms with Gasteiger partial charge in [0.05, 0.1) is 30.9 Å². The second-order valence-corrected chi connectivity index (χ2v) is 7.54. The van der Waals surface area contributed by atoms with Crippen molar-refractivity contribution in [2.45, 2.75) is 31.4 Å². The molecule has 2 aromatic carbocycles. The Morgan fingerprint density at radius 2 is 1.51 bits per heavy atom. The minimum atomic E-state index is -5.25. The molecule has 1 atom stereocenters. The van der Waals surface area contributed by atoms with Gasteiger partial charge < -0.3 is 14.2 Å². The number of benzene rings is 2. The molecule has 0 N–H and O–H groups in total. The number of hydrogen-bond donors (Lipinski definition) is 0. The minimum Gasteiger partial charge on any atom is -0.469 e. The Kier molecular flexibility index (Phi) is 6.49. The number of esters is 2. The van der Waals surface area contributed by atoms with Gasteiger partial charge in [-0.25, -0.2) is 4.79 Å². The molecule has 0 saturated heterocycles. The van der Waals surface area contributed by atoms with Crippen LogP contribution in [0.5, 0.6) is 5.75 Å². The Morgan fingerprint density at radius 1 is 0.943 bits per heavy atom. The maximum Gasteiger partial charge on any atom is 0.416 e. The van der Waals surface area contributed by atoms with Crippen LogP contribution in [0, 0.1) is 6.92 Å². The summed E-state index contributed by atoms with van der Waals surface area (Å²) in [6.07, 6.45) is -11.6. The molecule has 0 aliphatic carbocycles. The van der Waals surface area contributed by atoms with Crippen LogP contribution in [0.1, 0.15) is 33.5 Å². The summed E-state index contributed by atoms with van der Waals surface area (Å²) in [5.41, 5.74) is -7.07. The predicted octanol–water partition coefficient (Wildman–Crippen LogP) is 4.50. The summed E-state index contributed by atoms with van der Waals surface area (Å²) in [5.74, 6) is -4.04. The van der Waals surface area contributed by atoms with Gasteiger partial charge in [0.25, 0.3) is 11.6 Å². The number of aryl methyl sites for hydroxylation is 1. The van der Waals surface area contributed by atoms with Gasteiger partial charge in [0, 0.05) is 5.69 Å². The predicted molar refractivity (Wildman–Crippen MR) is 106 cm³/mol. The lowest BCUT2D eigenvalue weighted by Gasteiger charge is -2.44. The van der Waals surface area contributed by atoms with Gasteiger partial charge in [0.2, 0.25) is 0 Å². The first-order valence-corrected chi connectivity index (χ1v) is 9.73. The number of fused-ring (bicyclic) bond motifs is 1. The van der Waals surface area contributed by atoms with E-state index in [1.165, 1.54) is 18.2 Å². The smallest absolute Gasteiger partial charge is 0.416 e. The van der Waals surface area contributed by atoms with Crippen molar-refractivity contribution in [3.8, 4) is 5.75 Å². The summed E-state index contributed by atoms with van der Waals surface area (Å²) in [4.78, 5) is 38.9. The van der Waals surface area contributed by atoms with Gasteiger partial charge in [-0.05, 0) is 37.3 Å². The van der Waals surface area contributed by atoms with E-state index in [0.29, 0.717) is 5.56 Å². The van der Waals surface area contributed by atoms with E-state index in [4.69, 9.17) is 4.74 Å². The number of ether oxygens (including phenoxy) is 3. The molecule has 1 unspecified atom stereocenters. The third kappa shape index (κ3) is 4.75. The van der Waals surface area contributed by atoms with E-state index in [1.807, 2.05) is 0 Å². The second kappa shape index (κ2) is 8.78. The molecule has 1 aliphatic heterocycles. The first-order chi connectivity index (χ1) is 16.1. The fourth-order valence-corrected chi connectivity index (χ4v) is 3.55. The fraction of sp³-hybridized carbons (Fsp3) is 0.318. The van der Waals surface area contributed by atoms with E-state index >= 15 is 0 Å². The first-order valence-electron chi connectivity index (χ1n) is 9.73. The number of halogens is 6. The summed E-state index contributed by atoms with van der Waals surface area (Å²) < 4.78 is 95.9. The topological polar surface area (TPSA) is 82.1 Å². The van der Waals surface area contributed by atoms with Crippen LogP contribution in [0.2, 0.25) is 0 Å². The molecular formula is C22H17F6NO6. The lowest BCUT2D eigenvalue weighted by molar-refractivity contribution is -0.166. The van der Waals surface area contributed by atoms with Crippen LogP contribution in [-0.4, -0.2) is 37.8 Å². The molecule has 1 aliphatic rings. The number of anilines is 1. The highest BCUT2D eigenvalue weighted by molar-refractivity contribution is 6.14. The van der Waals surface area contributed by atoms with E-state index in [1.54, 1.807) is 6.92 Å². The zero-order valence-electron chi connectivity index (χ0n) is 18.3. The molecule has 2 aromatic rings. The summed E-state index contributed by atoms with van der Waals surface area (Å²) in [7, 11) is 1.76. The van der Waals surface area contributed by atoms with E-state index in [0.717, 1.165) is 14.2 Å². The molecule has 0 aromatic heterocycles. The lowest BCUT2D eigenvalue weighted by Crippen LogP contribution is -2.65. The molecular weight excluding hydrogens is 488 g/mol. The monoisotopic (exact) mass is 505 g/mol. The summed E-state index contributed by atoms with van der Waals surface area (Å²) in [6, 6.07) is 4.36. The van der Waals surface area contributed by atoms with Crippen molar-refractivity contribution in [3.05, 3.63) is 58.7 Å². The molecule has 0 radical (unpaired) electrons. The minimum absolute atomic E-state index is 0.142. The number of carbonyl (C=O) groups is 3. The van der Waals surface area contributed by atoms with Crippen LogP contribution >= 0.6 is 0 Å².